The lowest BCUT2D eigenvalue weighted by atomic mass is 10.2. The molecule has 0 bridgehead atoms. The topological polar surface area (TPSA) is 73.2 Å². The smallest absolute Gasteiger partial charge is 0.255 e. The minimum atomic E-state index is -0.198. The van der Waals surface area contributed by atoms with Crippen LogP contribution in [0.3, 0.4) is 0 Å². The van der Waals surface area contributed by atoms with Crippen LogP contribution in [0.25, 0.3) is 0 Å². The zero-order chi connectivity index (χ0) is 20.5. The number of benzene rings is 2. The van der Waals surface area contributed by atoms with Gasteiger partial charge >= 0.3 is 0 Å². The maximum absolute atomic E-state index is 12.9. The fourth-order valence-electron chi connectivity index (χ4n) is 2.60. The van der Waals surface area contributed by atoms with E-state index in [-0.39, 0.29) is 17.6 Å². The molecule has 2 amide bonds. The summed E-state index contributed by atoms with van der Waals surface area (Å²) in [6.45, 7) is 8.79. The number of thioether (sulfide) groups is 1. The maximum atomic E-state index is 12.9. The Labute approximate surface area is 170 Å². The first-order chi connectivity index (χ1) is 13.4. The molecular formula is C22H23N3O2S. The molecule has 6 heteroatoms. The second-order valence-corrected chi connectivity index (χ2v) is 7.32. The maximum Gasteiger partial charge on any atom is 0.255 e. The zero-order valence-corrected chi connectivity index (χ0v) is 16.9. The molecule has 0 saturated heterocycles. The summed E-state index contributed by atoms with van der Waals surface area (Å²) in [4.78, 5) is 27.6. The van der Waals surface area contributed by atoms with Crippen molar-refractivity contribution in [3.05, 3.63) is 71.8 Å². The summed E-state index contributed by atoms with van der Waals surface area (Å²) in [6.07, 6.45) is 0. The Morgan fingerprint density at radius 2 is 1.96 bits per heavy atom. The number of nitrogens with one attached hydrogen (secondary N) is 1. The summed E-state index contributed by atoms with van der Waals surface area (Å²) < 4.78 is 0. The van der Waals surface area contributed by atoms with E-state index in [1.165, 1.54) is 11.8 Å². The highest BCUT2D eigenvalue weighted by atomic mass is 32.2. The normalized spacial score (nSPS) is 10.0. The molecule has 144 valence electrons. The van der Waals surface area contributed by atoms with E-state index < -0.39 is 0 Å². The standard InChI is InChI=1S/C22H23N3O2S/c1-4-25(14-16(2)3)22(27)19-10-5-6-11-20(19)28-15-21(26)24-18-9-7-8-17(12-18)13-23/h5-12H,2,4,14-15H2,1,3H3,(H,24,26). The molecule has 0 aromatic heterocycles. The summed E-state index contributed by atoms with van der Waals surface area (Å²) in [7, 11) is 0. The van der Waals surface area contributed by atoms with Crippen molar-refractivity contribution >= 4 is 29.3 Å². The Bertz CT molecular complexity index is 918. The summed E-state index contributed by atoms with van der Waals surface area (Å²) in [6, 6.07) is 16.1. The number of likely N-dealkylation sites (N-methyl/N-ethyl adjacent to an activating group) is 1. The highest BCUT2D eigenvalue weighted by Crippen LogP contribution is 2.24. The van der Waals surface area contributed by atoms with Crippen LogP contribution in [0.5, 0.6) is 0 Å². The van der Waals surface area contributed by atoms with Crippen LogP contribution in [0.1, 0.15) is 29.8 Å². The number of anilines is 1. The van der Waals surface area contributed by atoms with Crippen molar-refractivity contribution in [1.82, 2.24) is 4.90 Å². The Morgan fingerprint density at radius 1 is 1.21 bits per heavy atom. The van der Waals surface area contributed by atoms with Crippen LogP contribution in [-0.2, 0) is 4.79 Å². The first-order valence-corrected chi connectivity index (χ1v) is 9.88. The second kappa shape index (κ2) is 10.3. The first kappa shape index (κ1) is 21.3. The van der Waals surface area contributed by atoms with Crippen molar-refractivity contribution in [3.8, 4) is 6.07 Å². The number of carbonyl (C=O) groups is 2. The summed E-state index contributed by atoms with van der Waals surface area (Å²) >= 11 is 1.31. The molecule has 0 unspecified atom stereocenters. The van der Waals surface area contributed by atoms with Gasteiger partial charge in [0.05, 0.1) is 22.9 Å². The highest BCUT2D eigenvalue weighted by Gasteiger charge is 2.18. The fraction of sp³-hybridized carbons (Fsp3) is 0.227. The molecule has 0 aliphatic carbocycles. The van der Waals surface area contributed by atoms with E-state index in [9.17, 15) is 9.59 Å². The average Bonchev–Trinajstić information content (AvgIpc) is 2.70. The monoisotopic (exact) mass is 393 g/mol. The number of carbonyl (C=O) groups excluding carboxylic acids is 2. The van der Waals surface area contributed by atoms with E-state index >= 15 is 0 Å². The molecule has 0 aliphatic heterocycles. The van der Waals surface area contributed by atoms with Gasteiger partial charge in [0.2, 0.25) is 5.91 Å². The molecule has 1 N–H and O–H groups in total. The quantitative estimate of drug-likeness (QED) is 0.535. The number of hydrogen-bond acceptors (Lipinski definition) is 4. The molecule has 0 heterocycles. The van der Waals surface area contributed by atoms with Gasteiger partial charge in [0, 0.05) is 23.7 Å². The van der Waals surface area contributed by atoms with E-state index in [0.717, 1.165) is 10.5 Å². The van der Waals surface area contributed by atoms with E-state index in [1.54, 1.807) is 35.2 Å². The van der Waals surface area contributed by atoms with Crippen molar-refractivity contribution in [2.24, 2.45) is 0 Å². The lowest BCUT2D eigenvalue weighted by Gasteiger charge is -2.22. The largest absolute Gasteiger partial charge is 0.335 e. The van der Waals surface area contributed by atoms with Gasteiger partial charge in [0.15, 0.2) is 0 Å². The molecule has 2 aromatic carbocycles. The van der Waals surface area contributed by atoms with Gasteiger partial charge in [-0.2, -0.15) is 5.26 Å². The van der Waals surface area contributed by atoms with Crippen LogP contribution in [0.15, 0.2) is 65.6 Å². The Morgan fingerprint density at radius 3 is 2.64 bits per heavy atom. The number of nitriles is 1. The lowest BCUT2D eigenvalue weighted by molar-refractivity contribution is -0.113. The zero-order valence-electron chi connectivity index (χ0n) is 16.1. The number of hydrogen-bond donors (Lipinski definition) is 1. The minimum Gasteiger partial charge on any atom is -0.335 e. The van der Waals surface area contributed by atoms with Crippen molar-refractivity contribution in [1.29, 1.82) is 5.26 Å². The molecule has 2 rings (SSSR count). The molecule has 5 nitrogen and oxygen atoms in total. The van der Waals surface area contributed by atoms with Gasteiger partial charge in [0.1, 0.15) is 0 Å². The van der Waals surface area contributed by atoms with E-state index in [4.69, 9.17) is 5.26 Å². The van der Waals surface area contributed by atoms with Crippen LogP contribution in [0.2, 0.25) is 0 Å². The number of nitrogens with zero attached hydrogens (tertiary/aromatic N) is 2. The van der Waals surface area contributed by atoms with Crippen molar-refractivity contribution in [2.45, 2.75) is 18.7 Å². The Kier molecular flexibility index (Phi) is 7.85. The minimum absolute atomic E-state index is 0.0734. The predicted molar refractivity (Wildman–Crippen MR) is 113 cm³/mol. The Balaban J connectivity index is 2.06. The van der Waals surface area contributed by atoms with Crippen LogP contribution in [0, 0.1) is 11.3 Å². The molecule has 0 spiro atoms. The molecule has 2 aromatic rings. The third-order valence-corrected chi connectivity index (χ3v) is 4.95. The van der Waals surface area contributed by atoms with E-state index in [2.05, 4.69) is 11.9 Å². The molecule has 0 aliphatic rings. The van der Waals surface area contributed by atoms with Gasteiger partial charge in [0.25, 0.3) is 5.91 Å². The molecule has 0 fully saturated rings. The highest BCUT2D eigenvalue weighted by molar-refractivity contribution is 8.00. The van der Waals surface area contributed by atoms with Crippen LogP contribution in [-0.4, -0.2) is 35.6 Å². The first-order valence-electron chi connectivity index (χ1n) is 8.90. The van der Waals surface area contributed by atoms with Gasteiger partial charge in [-0.25, -0.2) is 0 Å². The predicted octanol–water partition coefficient (Wildman–Crippen LogP) is 4.33. The van der Waals surface area contributed by atoms with Crippen molar-refractivity contribution < 1.29 is 9.59 Å². The molecular weight excluding hydrogens is 370 g/mol. The van der Waals surface area contributed by atoms with Crippen molar-refractivity contribution in [2.75, 3.05) is 24.2 Å². The van der Waals surface area contributed by atoms with Crippen molar-refractivity contribution in [3.63, 3.8) is 0 Å². The van der Waals surface area contributed by atoms with Gasteiger partial charge in [-0.15, -0.1) is 11.8 Å². The summed E-state index contributed by atoms with van der Waals surface area (Å²) in [5.41, 5.74) is 2.56. The summed E-state index contributed by atoms with van der Waals surface area (Å²) in [5.74, 6) is -0.111. The van der Waals surface area contributed by atoms with Crippen LogP contribution >= 0.6 is 11.8 Å². The molecule has 0 saturated carbocycles. The fourth-order valence-corrected chi connectivity index (χ4v) is 3.44. The second-order valence-electron chi connectivity index (χ2n) is 6.30. The molecule has 0 radical (unpaired) electrons. The summed E-state index contributed by atoms with van der Waals surface area (Å²) in [5, 5.41) is 11.7. The van der Waals surface area contributed by atoms with Gasteiger partial charge in [-0.1, -0.05) is 30.4 Å². The third-order valence-electron chi connectivity index (χ3n) is 3.88. The molecule has 0 atom stereocenters. The van der Waals surface area contributed by atoms with Crippen LogP contribution in [0.4, 0.5) is 5.69 Å². The molecule has 28 heavy (non-hydrogen) atoms. The van der Waals surface area contributed by atoms with Crippen LogP contribution < -0.4 is 5.32 Å². The number of rotatable bonds is 8. The van der Waals surface area contributed by atoms with E-state index in [1.807, 2.05) is 38.1 Å². The average molecular weight is 394 g/mol. The Hall–Kier alpha value is -3.04. The number of amides is 2. The van der Waals surface area contributed by atoms with Gasteiger partial charge < -0.3 is 10.2 Å². The third kappa shape index (κ3) is 6.00. The van der Waals surface area contributed by atoms with E-state index in [0.29, 0.717) is 29.9 Å². The SMILES string of the molecule is C=C(C)CN(CC)C(=O)c1ccccc1SCC(=O)Nc1cccc(C#N)c1. The van der Waals surface area contributed by atoms with Gasteiger partial charge in [-0.05, 0) is 44.2 Å². The van der Waals surface area contributed by atoms with Gasteiger partial charge in [-0.3, -0.25) is 9.59 Å². The lowest BCUT2D eigenvalue weighted by Crippen LogP contribution is -2.32.